The summed E-state index contributed by atoms with van der Waals surface area (Å²) in [5.41, 5.74) is 0. The van der Waals surface area contributed by atoms with E-state index < -0.39 is 5.97 Å². The Morgan fingerprint density at radius 2 is 1.64 bits per heavy atom. The highest BCUT2D eigenvalue weighted by Crippen LogP contribution is 2.16. The summed E-state index contributed by atoms with van der Waals surface area (Å²) in [5, 5.41) is 0. The van der Waals surface area contributed by atoms with Crippen molar-refractivity contribution in [2.45, 2.75) is 25.4 Å². The zero-order valence-corrected chi connectivity index (χ0v) is 12.8. The van der Waals surface area contributed by atoms with Crippen molar-refractivity contribution in [3.63, 3.8) is 0 Å². The molecule has 0 bridgehead atoms. The number of carbonyl (C=O) groups excluding carboxylic acids is 2. The van der Waals surface area contributed by atoms with E-state index in [1.165, 1.54) is 0 Å². The predicted molar refractivity (Wildman–Crippen MR) is 77.3 cm³/mol. The molecule has 7 heteroatoms. The Balaban J connectivity index is 1.74. The van der Waals surface area contributed by atoms with Gasteiger partial charge < -0.3 is 23.7 Å². The molecule has 1 rings (SSSR count). The van der Waals surface area contributed by atoms with Gasteiger partial charge in [0, 0.05) is 12.5 Å². The van der Waals surface area contributed by atoms with Crippen molar-refractivity contribution in [2.24, 2.45) is 0 Å². The minimum atomic E-state index is -0.466. The molecule has 0 aromatic rings. The van der Waals surface area contributed by atoms with Crippen molar-refractivity contribution < 1.29 is 33.3 Å². The summed E-state index contributed by atoms with van der Waals surface area (Å²) in [6.07, 6.45) is 3.60. The van der Waals surface area contributed by atoms with Crippen LogP contribution in [0.3, 0.4) is 0 Å². The summed E-state index contributed by atoms with van der Waals surface area (Å²) in [6.45, 7) is 5.97. The van der Waals surface area contributed by atoms with Crippen LogP contribution in [0.25, 0.3) is 0 Å². The third-order valence-corrected chi connectivity index (χ3v) is 2.81. The first kappa shape index (κ1) is 18.6. The first-order valence-corrected chi connectivity index (χ1v) is 7.44. The molecule has 1 heterocycles. The Kier molecular flexibility index (Phi) is 10.3. The molecule has 1 saturated heterocycles. The molecule has 1 aliphatic rings. The average Bonchev–Trinajstić information content (AvgIpc) is 3.33. The molecular formula is C15H24O7. The van der Waals surface area contributed by atoms with E-state index in [1.807, 2.05) is 0 Å². The molecule has 126 valence electrons. The molecule has 0 saturated carbocycles. The molecule has 1 atom stereocenters. The normalized spacial score (nSPS) is 16.1. The highest BCUT2D eigenvalue weighted by molar-refractivity contribution is 5.81. The van der Waals surface area contributed by atoms with Gasteiger partial charge in [-0.1, -0.05) is 6.58 Å². The van der Waals surface area contributed by atoms with Crippen LogP contribution in [0.2, 0.25) is 0 Å². The van der Waals surface area contributed by atoms with Crippen molar-refractivity contribution >= 4 is 11.9 Å². The number of epoxide rings is 1. The molecular weight excluding hydrogens is 292 g/mol. The first-order valence-electron chi connectivity index (χ1n) is 7.44. The second-order valence-corrected chi connectivity index (χ2v) is 4.66. The summed E-state index contributed by atoms with van der Waals surface area (Å²) in [6, 6.07) is 0. The van der Waals surface area contributed by atoms with Crippen molar-refractivity contribution in [3.8, 4) is 0 Å². The maximum absolute atomic E-state index is 11.3. The summed E-state index contributed by atoms with van der Waals surface area (Å²) >= 11 is 0. The molecule has 0 N–H and O–H groups in total. The fraction of sp³-hybridized carbons (Fsp3) is 0.733. The molecule has 1 fully saturated rings. The fourth-order valence-electron chi connectivity index (χ4n) is 1.58. The summed E-state index contributed by atoms with van der Waals surface area (Å²) in [5.74, 6) is -0.671. The van der Waals surface area contributed by atoms with E-state index in [2.05, 4.69) is 6.58 Å². The predicted octanol–water partition coefficient (Wildman–Crippen LogP) is 0.861. The number of carbonyl (C=O) groups is 2. The first-order chi connectivity index (χ1) is 10.7. The van der Waals surface area contributed by atoms with Gasteiger partial charge in [0.2, 0.25) is 0 Å². The van der Waals surface area contributed by atoms with E-state index in [1.54, 1.807) is 0 Å². The van der Waals surface area contributed by atoms with Gasteiger partial charge in [0.05, 0.1) is 39.1 Å². The summed E-state index contributed by atoms with van der Waals surface area (Å²) < 4.78 is 25.2. The second kappa shape index (κ2) is 12.1. The molecule has 1 aliphatic heterocycles. The molecule has 0 spiro atoms. The lowest BCUT2D eigenvalue weighted by Crippen LogP contribution is -2.14. The van der Waals surface area contributed by atoms with E-state index in [0.29, 0.717) is 39.0 Å². The van der Waals surface area contributed by atoms with Crippen molar-refractivity contribution in [3.05, 3.63) is 12.7 Å². The van der Waals surface area contributed by atoms with Gasteiger partial charge in [-0.05, 0) is 12.8 Å². The molecule has 0 aromatic carbocycles. The quantitative estimate of drug-likeness (QED) is 0.203. The van der Waals surface area contributed by atoms with Gasteiger partial charge in [-0.15, -0.1) is 0 Å². The van der Waals surface area contributed by atoms with Gasteiger partial charge in [0.25, 0.3) is 0 Å². The lowest BCUT2D eigenvalue weighted by atomic mass is 10.2. The smallest absolute Gasteiger partial charge is 0.330 e. The number of hydrogen-bond donors (Lipinski definition) is 0. The van der Waals surface area contributed by atoms with Gasteiger partial charge in [-0.25, -0.2) is 4.79 Å². The molecule has 22 heavy (non-hydrogen) atoms. The molecule has 0 aliphatic carbocycles. The Morgan fingerprint density at radius 1 is 1.05 bits per heavy atom. The maximum atomic E-state index is 11.3. The third kappa shape index (κ3) is 11.2. The van der Waals surface area contributed by atoms with Gasteiger partial charge >= 0.3 is 11.9 Å². The van der Waals surface area contributed by atoms with Crippen LogP contribution in [0.5, 0.6) is 0 Å². The van der Waals surface area contributed by atoms with E-state index in [0.717, 1.165) is 25.5 Å². The Bertz CT molecular complexity index is 339. The topological polar surface area (TPSA) is 83.6 Å². The van der Waals surface area contributed by atoms with Gasteiger partial charge in [-0.2, -0.15) is 0 Å². The summed E-state index contributed by atoms with van der Waals surface area (Å²) in [4.78, 5) is 22.0. The van der Waals surface area contributed by atoms with Crippen LogP contribution in [0, 0.1) is 0 Å². The number of ether oxygens (including phenoxy) is 5. The Morgan fingerprint density at radius 3 is 2.23 bits per heavy atom. The molecule has 0 radical (unpaired) electrons. The third-order valence-electron chi connectivity index (χ3n) is 2.81. The van der Waals surface area contributed by atoms with Crippen LogP contribution in [0.4, 0.5) is 0 Å². The zero-order valence-electron chi connectivity index (χ0n) is 12.8. The van der Waals surface area contributed by atoms with E-state index in [9.17, 15) is 9.59 Å². The fourth-order valence-corrected chi connectivity index (χ4v) is 1.58. The standard InChI is InChI=1S/C15H24O7/c1-2-14(16)20-10-8-18-6-7-19-9-11-21-15(17)5-3-4-13-12-22-13/h2,13H,1,3-12H2. The van der Waals surface area contributed by atoms with Crippen LogP contribution < -0.4 is 0 Å². The lowest BCUT2D eigenvalue weighted by Gasteiger charge is -2.07. The van der Waals surface area contributed by atoms with Crippen molar-refractivity contribution in [1.29, 1.82) is 0 Å². The SMILES string of the molecule is C=CC(=O)OCCOCCOCCOC(=O)CCCC1CO1. The minimum absolute atomic E-state index is 0.189. The van der Waals surface area contributed by atoms with Crippen molar-refractivity contribution in [1.82, 2.24) is 0 Å². The highest BCUT2D eigenvalue weighted by Gasteiger charge is 2.21. The van der Waals surface area contributed by atoms with Crippen LogP contribution >= 0.6 is 0 Å². The lowest BCUT2D eigenvalue weighted by molar-refractivity contribution is -0.145. The second-order valence-electron chi connectivity index (χ2n) is 4.66. The maximum Gasteiger partial charge on any atom is 0.330 e. The van der Waals surface area contributed by atoms with Gasteiger partial charge in [0.1, 0.15) is 13.2 Å². The molecule has 1 unspecified atom stereocenters. The van der Waals surface area contributed by atoms with E-state index in [-0.39, 0.29) is 19.2 Å². The van der Waals surface area contributed by atoms with Crippen LogP contribution in [0.15, 0.2) is 12.7 Å². The van der Waals surface area contributed by atoms with E-state index in [4.69, 9.17) is 23.7 Å². The monoisotopic (exact) mass is 316 g/mol. The average molecular weight is 316 g/mol. The zero-order chi connectivity index (χ0) is 16.0. The van der Waals surface area contributed by atoms with Crippen LogP contribution in [-0.2, 0) is 33.3 Å². The molecule has 0 aromatic heterocycles. The van der Waals surface area contributed by atoms with Gasteiger partial charge in [0.15, 0.2) is 0 Å². The van der Waals surface area contributed by atoms with Crippen LogP contribution in [-0.4, -0.2) is 64.3 Å². The van der Waals surface area contributed by atoms with E-state index >= 15 is 0 Å². The minimum Gasteiger partial charge on any atom is -0.463 e. The molecule has 7 nitrogen and oxygen atoms in total. The highest BCUT2D eigenvalue weighted by atomic mass is 16.6. The summed E-state index contributed by atoms with van der Waals surface area (Å²) in [7, 11) is 0. The number of hydrogen-bond acceptors (Lipinski definition) is 7. The van der Waals surface area contributed by atoms with Crippen molar-refractivity contribution in [2.75, 3.05) is 46.2 Å². The number of rotatable bonds is 14. The largest absolute Gasteiger partial charge is 0.463 e. The Hall–Kier alpha value is -1.44. The number of esters is 2. The molecule has 0 amide bonds. The van der Waals surface area contributed by atoms with Crippen LogP contribution in [0.1, 0.15) is 19.3 Å². The Labute approximate surface area is 130 Å². The van der Waals surface area contributed by atoms with Gasteiger partial charge in [-0.3, -0.25) is 4.79 Å².